The maximum atomic E-state index is 11.4. The van der Waals surface area contributed by atoms with Crippen LogP contribution < -0.4 is 10.2 Å². The van der Waals surface area contributed by atoms with E-state index in [1.807, 2.05) is 0 Å². The fourth-order valence-electron chi connectivity index (χ4n) is 2.33. The van der Waals surface area contributed by atoms with Crippen molar-refractivity contribution >= 4 is 47.3 Å². The van der Waals surface area contributed by atoms with E-state index in [4.69, 9.17) is 23.2 Å². The van der Waals surface area contributed by atoms with Crippen molar-refractivity contribution in [3.8, 4) is 11.5 Å². The van der Waals surface area contributed by atoms with Crippen molar-refractivity contribution in [2.24, 2.45) is 9.98 Å². The van der Waals surface area contributed by atoms with E-state index in [1.165, 1.54) is 37.0 Å². The quantitative estimate of drug-likeness (QED) is 0.272. The van der Waals surface area contributed by atoms with Gasteiger partial charge in [0.1, 0.15) is 0 Å². The number of rotatable bonds is 4. The van der Waals surface area contributed by atoms with E-state index in [9.17, 15) is 10.2 Å². The molecule has 9 heteroatoms. The summed E-state index contributed by atoms with van der Waals surface area (Å²) in [7, 11) is 0. The maximum Gasteiger partial charge on any atom is 2.00 e. The predicted molar refractivity (Wildman–Crippen MR) is 125 cm³/mol. The second-order valence-electron chi connectivity index (χ2n) is 6.26. The van der Waals surface area contributed by atoms with Crippen LogP contribution in [0.1, 0.15) is 11.1 Å². The summed E-state index contributed by atoms with van der Waals surface area (Å²) in [5, 5.41) is 23.8. The molecule has 6 nitrogen and oxygen atoms in total. The molecule has 0 amide bonds. The van der Waals surface area contributed by atoms with Gasteiger partial charge in [-0.25, -0.2) is 20.0 Å². The number of hydrogen-bond donors (Lipinski definition) is 0. The first-order valence-electron chi connectivity index (χ1n) is 9.34. The molecule has 0 aliphatic heterocycles. The molecule has 1 radical (unpaired) electrons. The van der Waals surface area contributed by atoms with Crippen LogP contribution in [0.3, 0.4) is 0 Å². The molecule has 0 N–H and O–H groups in total. The summed E-state index contributed by atoms with van der Waals surface area (Å²) < 4.78 is 0. The molecule has 0 saturated heterocycles. The number of halogens is 2. The molecule has 0 spiro atoms. The number of para-hydroxylation sites is 2. The van der Waals surface area contributed by atoms with E-state index < -0.39 is 0 Å². The zero-order chi connectivity index (χ0) is 22.8. The van der Waals surface area contributed by atoms with Crippen molar-refractivity contribution in [2.75, 3.05) is 0 Å². The molecular formula is C24H16Cl2CuN4O2. The minimum Gasteiger partial charge on any atom is -0.872 e. The van der Waals surface area contributed by atoms with Crippen LogP contribution in [0.25, 0.3) is 0 Å². The normalized spacial score (nSPS) is 10.5. The van der Waals surface area contributed by atoms with E-state index in [0.717, 1.165) is 0 Å². The zero-order valence-corrected chi connectivity index (χ0v) is 19.4. The summed E-state index contributed by atoms with van der Waals surface area (Å²) in [5.41, 5.74) is 1.08. The molecule has 33 heavy (non-hydrogen) atoms. The second kappa shape index (κ2) is 13.4. The Kier molecular flexibility index (Phi) is 10.5. The number of aromatic nitrogens is 2. The molecule has 0 unspecified atom stereocenters. The van der Waals surface area contributed by atoms with Crippen molar-refractivity contribution in [1.82, 2.24) is 9.97 Å². The third-order valence-electron chi connectivity index (χ3n) is 3.93. The van der Waals surface area contributed by atoms with Gasteiger partial charge >= 0.3 is 17.1 Å². The van der Waals surface area contributed by atoms with E-state index in [0.29, 0.717) is 32.8 Å². The Morgan fingerprint density at radius 3 is 1.33 bits per heavy atom. The molecule has 169 valence electrons. The van der Waals surface area contributed by atoms with Gasteiger partial charge in [-0.1, -0.05) is 71.7 Å². The maximum absolute atomic E-state index is 11.4. The molecule has 0 fully saturated rings. The third-order valence-corrected chi connectivity index (χ3v) is 4.38. The molecular weight excluding hydrogens is 511 g/mol. The van der Waals surface area contributed by atoms with Gasteiger partial charge in [0.25, 0.3) is 0 Å². The summed E-state index contributed by atoms with van der Waals surface area (Å²) in [6, 6.07) is 20.2. The fraction of sp³-hybridized carbons (Fsp3) is 0. The minimum atomic E-state index is -0.0554. The topological polar surface area (TPSA) is 96.6 Å². The van der Waals surface area contributed by atoms with E-state index in [2.05, 4.69) is 20.0 Å². The Morgan fingerprint density at radius 2 is 1.00 bits per heavy atom. The van der Waals surface area contributed by atoms with Crippen LogP contribution in [0.5, 0.6) is 11.5 Å². The van der Waals surface area contributed by atoms with Crippen LogP contribution in [0.15, 0.2) is 95.2 Å². The number of pyridine rings is 2. The van der Waals surface area contributed by atoms with E-state index in [1.54, 1.807) is 60.7 Å². The summed E-state index contributed by atoms with van der Waals surface area (Å²) in [4.78, 5) is 16.1. The SMILES string of the molecule is [Cu+2].[O-]c1ccccc1C=Nc1ccc(Cl)cn1.[O-]c1ccccc1C=Nc1ccc(Cl)cn1. The minimum absolute atomic E-state index is 0. The molecule has 4 rings (SSSR count). The number of nitrogens with zero attached hydrogens (tertiary/aromatic N) is 4. The van der Waals surface area contributed by atoms with Crippen molar-refractivity contribution in [2.45, 2.75) is 0 Å². The van der Waals surface area contributed by atoms with Gasteiger partial charge in [0.05, 0.1) is 10.0 Å². The van der Waals surface area contributed by atoms with Crippen LogP contribution in [-0.4, -0.2) is 22.4 Å². The van der Waals surface area contributed by atoms with Gasteiger partial charge in [0.15, 0.2) is 11.6 Å². The Bertz CT molecular complexity index is 1120. The standard InChI is InChI=1S/2C12H9ClN2O.Cu/c2*13-10-5-6-12(15-8-10)14-7-9-3-1-2-4-11(9)16;/h2*1-8,16H;/q;;+2/p-2. The average molecular weight is 527 g/mol. The Morgan fingerprint density at radius 1 is 0.606 bits per heavy atom. The van der Waals surface area contributed by atoms with Gasteiger partial charge < -0.3 is 10.2 Å². The molecule has 0 aliphatic carbocycles. The molecule has 2 aromatic carbocycles. The molecule has 0 saturated carbocycles. The first kappa shape index (κ1) is 26.0. The number of aliphatic imine (C=N–C) groups is 2. The van der Waals surface area contributed by atoms with E-state index in [-0.39, 0.29) is 28.6 Å². The molecule has 2 aromatic heterocycles. The van der Waals surface area contributed by atoms with Gasteiger partial charge in [-0.15, -0.1) is 11.5 Å². The first-order chi connectivity index (χ1) is 15.5. The largest absolute Gasteiger partial charge is 2.00 e. The summed E-state index contributed by atoms with van der Waals surface area (Å²) in [5.74, 6) is 0.931. The van der Waals surface area contributed by atoms with Gasteiger partial charge in [0, 0.05) is 24.8 Å². The number of benzene rings is 2. The van der Waals surface area contributed by atoms with Crippen LogP contribution in [-0.2, 0) is 17.1 Å². The van der Waals surface area contributed by atoms with Crippen molar-refractivity contribution in [3.05, 3.63) is 106 Å². The van der Waals surface area contributed by atoms with Gasteiger partial charge in [0.2, 0.25) is 0 Å². The Balaban J connectivity index is 0.000000227. The van der Waals surface area contributed by atoms with Crippen LogP contribution in [0, 0.1) is 0 Å². The monoisotopic (exact) mass is 525 g/mol. The van der Waals surface area contributed by atoms with Crippen LogP contribution >= 0.6 is 23.2 Å². The van der Waals surface area contributed by atoms with Crippen LogP contribution in [0.2, 0.25) is 10.0 Å². The summed E-state index contributed by atoms with van der Waals surface area (Å²) in [6.07, 6.45) is 6.02. The summed E-state index contributed by atoms with van der Waals surface area (Å²) >= 11 is 11.4. The fourth-order valence-corrected chi connectivity index (χ4v) is 2.56. The van der Waals surface area contributed by atoms with Crippen molar-refractivity contribution < 1.29 is 27.3 Å². The van der Waals surface area contributed by atoms with Crippen molar-refractivity contribution in [1.29, 1.82) is 0 Å². The summed E-state index contributed by atoms with van der Waals surface area (Å²) in [6.45, 7) is 0. The van der Waals surface area contributed by atoms with Gasteiger partial charge in [-0.2, -0.15) is 0 Å². The molecule has 4 aromatic rings. The van der Waals surface area contributed by atoms with E-state index >= 15 is 0 Å². The van der Waals surface area contributed by atoms with Gasteiger partial charge in [-0.05, 0) is 35.4 Å². The number of hydrogen-bond acceptors (Lipinski definition) is 6. The Hall–Kier alpha value is -3.22. The van der Waals surface area contributed by atoms with Gasteiger partial charge in [-0.3, -0.25) is 0 Å². The molecule has 0 aliphatic rings. The first-order valence-corrected chi connectivity index (χ1v) is 10.1. The second-order valence-corrected chi connectivity index (χ2v) is 7.13. The van der Waals surface area contributed by atoms with Crippen LogP contribution in [0.4, 0.5) is 11.6 Å². The molecule has 0 bridgehead atoms. The predicted octanol–water partition coefficient (Wildman–Crippen LogP) is 5.12. The molecule has 0 atom stereocenters. The third kappa shape index (κ3) is 8.67. The Labute approximate surface area is 211 Å². The van der Waals surface area contributed by atoms with Crippen molar-refractivity contribution in [3.63, 3.8) is 0 Å². The smallest absolute Gasteiger partial charge is 0.872 e. The molecule has 2 heterocycles. The average Bonchev–Trinajstić information content (AvgIpc) is 2.81. The zero-order valence-electron chi connectivity index (χ0n) is 16.9.